The monoisotopic (exact) mass is 251 g/mol. The zero-order valence-electron chi connectivity index (χ0n) is 11.7. The fourth-order valence-corrected chi connectivity index (χ4v) is 2.10. The summed E-state index contributed by atoms with van der Waals surface area (Å²) in [4.78, 5) is 2.15. The van der Waals surface area contributed by atoms with Gasteiger partial charge >= 0.3 is 0 Å². The Kier molecular flexibility index (Phi) is 6.94. The highest BCUT2D eigenvalue weighted by Gasteiger charge is 2.12. The number of ether oxygens (including phenoxy) is 1. The maximum absolute atomic E-state index is 9.77. The van der Waals surface area contributed by atoms with E-state index in [1.54, 1.807) is 0 Å². The van der Waals surface area contributed by atoms with Crippen molar-refractivity contribution in [3.63, 3.8) is 0 Å². The molecule has 0 aliphatic rings. The summed E-state index contributed by atoms with van der Waals surface area (Å²) in [5, 5.41) is 9.77. The van der Waals surface area contributed by atoms with Crippen LogP contribution in [-0.2, 0) is 4.74 Å². The molecule has 18 heavy (non-hydrogen) atoms. The summed E-state index contributed by atoms with van der Waals surface area (Å²) in [5.74, 6) is 0.468. The first-order valence-corrected chi connectivity index (χ1v) is 6.62. The molecule has 0 aliphatic carbocycles. The van der Waals surface area contributed by atoms with Gasteiger partial charge in [-0.15, -0.1) is 0 Å². The summed E-state index contributed by atoms with van der Waals surface area (Å²) in [6.07, 6.45) is -0.405. The molecule has 2 atom stereocenters. The van der Waals surface area contributed by atoms with Crippen LogP contribution in [0.1, 0.15) is 25.3 Å². The van der Waals surface area contributed by atoms with Gasteiger partial charge in [-0.2, -0.15) is 0 Å². The van der Waals surface area contributed by atoms with Gasteiger partial charge in [-0.05, 0) is 25.5 Å². The molecule has 3 nitrogen and oxygen atoms in total. The van der Waals surface area contributed by atoms with Crippen LogP contribution in [-0.4, -0.2) is 49.5 Å². The summed E-state index contributed by atoms with van der Waals surface area (Å²) < 4.78 is 5.21. The number of hydrogen-bond acceptors (Lipinski definition) is 3. The van der Waals surface area contributed by atoms with Crippen LogP contribution in [0.15, 0.2) is 30.3 Å². The number of aliphatic hydroxyl groups excluding tert-OH is 1. The molecule has 0 saturated carbocycles. The molecule has 0 bridgehead atoms. The highest BCUT2D eigenvalue weighted by atomic mass is 16.5. The number of hydrogen-bond donors (Lipinski definition) is 1. The van der Waals surface area contributed by atoms with E-state index >= 15 is 0 Å². The maximum atomic E-state index is 9.77. The van der Waals surface area contributed by atoms with Crippen LogP contribution >= 0.6 is 0 Å². The third kappa shape index (κ3) is 5.63. The highest BCUT2D eigenvalue weighted by Crippen LogP contribution is 2.15. The van der Waals surface area contributed by atoms with Gasteiger partial charge in [-0.1, -0.05) is 37.3 Å². The van der Waals surface area contributed by atoms with Crippen LogP contribution in [0, 0.1) is 0 Å². The minimum absolute atomic E-state index is 0.405. The predicted molar refractivity (Wildman–Crippen MR) is 74.9 cm³/mol. The van der Waals surface area contributed by atoms with E-state index in [1.165, 1.54) is 5.56 Å². The van der Waals surface area contributed by atoms with Crippen molar-refractivity contribution >= 4 is 0 Å². The molecule has 0 saturated heterocycles. The van der Waals surface area contributed by atoms with E-state index in [1.807, 2.05) is 20.0 Å². The molecule has 0 unspecified atom stereocenters. The van der Waals surface area contributed by atoms with Crippen molar-refractivity contribution < 1.29 is 9.84 Å². The topological polar surface area (TPSA) is 32.7 Å². The van der Waals surface area contributed by atoms with Gasteiger partial charge in [0, 0.05) is 19.7 Å². The van der Waals surface area contributed by atoms with Crippen molar-refractivity contribution in [2.24, 2.45) is 0 Å². The standard InChI is InChI=1S/C15H25NO2/c1-4-18-12-15(17)11-16(3)10-13(2)14-8-6-5-7-9-14/h5-9,13,15,17H,4,10-12H2,1-3H3/t13-,15-/m1/s1. The molecule has 1 N–H and O–H groups in total. The second kappa shape index (κ2) is 8.25. The molecule has 1 aromatic carbocycles. The highest BCUT2D eigenvalue weighted by molar-refractivity contribution is 5.18. The number of rotatable bonds is 8. The van der Waals surface area contributed by atoms with E-state index in [0.717, 1.165) is 6.54 Å². The van der Waals surface area contributed by atoms with Crippen LogP contribution < -0.4 is 0 Å². The third-order valence-corrected chi connectivity index (χ3v) is 2.99. The molecule has 0 radical (unpaired) electrons. The normalized spacial score (nSPS) is 14.7. The average molecular weight is 251 g/mol. The van der Waals surface area contributed by atoms with Gasteiger partial charge in [0.15, 0.2) is 0 Å². The summed E-state index contributed by atoms with van der Waals surface area (Å²) in [6, 6.07) is 10.5. The van der Waals surface area contributed by atoms with E-state index in [-0.39, 0.29) is 0 Å². The number of benzene rings is 1. The van der Waals surface area contributed by atoms with Crippen molar-refractivity contribution in [3.05, 3.63) is 35.9 Å². The Balaban J connectivity index is 2.33. The van der Waals surface area contributed by atoms with Gasteiger partial charge in [0.1, 0.15) is 0 Å². The molecule has 0 fully saturated rings. The lowest BCUT2D eigenvalue weighted by atomic mass is 10.0. The van der Waals surface area contributed by atoms with Crippen molar-refractivity contribution in [2.75, 3.05) is 33.4 Å². The molecule has 0 amide bonds. The SMILES string of the molecule is CCOC[C@H](O)CN(C)C[C@@H](C)c1ccccc1. The zero-order valence-corrected chi connectivity index (χ0v) is 11.7. The molecule has 0 aromatic heterocycles. The number of likely N-dealkylation sites (N-methyl/N-ethyl adjacent to an activating group) is 1. The Morgan fingerprint density at radius 3 is 2.50 bits per heavy atom. The fraction of sp³-hybridized carbons (Fsp3) is 0.600. The van der Waals surface area contributed by atoms with E-state index in [4.69, 9.17) is 4.74 Å². The Bertz CT molecular complexity index is 316. The second-order valence-electron chi connectivity index (χ2n) is 4.85. The Morgan fingerprint density at radius 2 is 1.89 bits per heavy atom. The van der Waals surface area contributed by atoms with E-state index in [2.05, 4.69) is 36.1 Å². The summed E-state index contributed by atoms with van der Waals surface area (Å²) in [7, 11) is 2.04. The summed E-state index contributed by atoms with van der Waals surface area (Å²) in [6.45, 7) is 6.81. The molecule has 1 rings (SSSR count). The molecule has 1 aromatic rings. The molecule has 102 valence electrons. The predicted octanol–water partition coefficient (Wildman–Crippen LogP) is 2.12. The first-order chi connectivity index (χ1) is 8.63. The van der Waals surface area contributed by atoms with Gasteiger partial charge < -0.3 is 14.7 Å². The van der Waals surface area contributed by atoms with Crippen molar-refractivity contribution in [2.45, 2.75) is 25.9 Å². The van der Waals surface area contributed by atoms with Gasteiger partial charge in [0.2, 0.25) is 0 Å². The largest absolute Gasteiger partial charge is 0.389 e. The Labute approximate surface area is 110 Å². The van der Waals surface area contributed by atoms with Crippen LogP contribution in [0.2, 0.25) is 0 Å². The second-order valence-corrected chi connectivity index (χ2v) is 4.85. The third-order valence-electron chi connectivity index (χ3n) is 2.99. The lowest BCUT2D eigenvalue weighted by Gasteiger charge is -2.24. The number of aliphatic hydroxyl groups is 1. The van der Waals surface area contributed by atoms with Crippen LogP contribution in [0.5, 0.6) is 0 Å². The van der Waals surface area contributed by atoms with Gasteiger partial charge in [0.05, 0.1) is 12.7 Å². The quantitative estimate of drug-likeness (QED) is 0.768. The van der Waals surface area contributed by atoms with E-state index < -0.39 is 6.10 Å². The molecule has 0 aliphatic heterocycles. The van der Waals surface area contributed by atoms with Crippen molar-refractivity contribution in [1.29, 1.82) is 0 Å². The molecule has 3 heteroatoms. The lowest BCUT2D eigenvalue weighted by molar-refractivity contribution is 0.0249. The van der Waals surface area contributed by atoms with Crippen LogP contribution in [0.25, 0.3) is 0 Å². The smallest absolute Gasteiger partial charge is 0.0900 e. The van der Waals surface area contributed by atoms with Crippen molar-refractivity contribution in [1.82, 2.24) is 4.90 Å². The molecule has 0 spiro atoms. The minimum atomic E-state index is -0.405. The van der Waals surface area contributed by atoms with Crippen LogP contribution in [0.3, 0.4) is 0 Å². The van der Waals surface area contributed by atoms with Gasteiger partial charge in [0.25, 0.3) is 0 Å². The Hall–Kier alpha value is -0.900. The fourth-order valence-electron chi connectivity index (χ4n) is 2.10. The molecule has 0 heterocycles. The first-order valence-electron chi connectivity index (χ1n) is 6.62. The van der Waals surface area contributed by atoms with E-state index in [9.17, 15) is 5.11 Å². The van der Waals surface area contributed by atoms with E-state index in [0.29, 0.717) is 25.7 Å². The van der Waals surface area contributed by atoms with Crippen molar-refractivity contribution in [3.8, 4) is 0 Å². The van der Waals surface area contributed by atoms with Crippen LogP contribution in [0.4, 0.5) is 0 Å². The summed E-state index contributed by atoms with van der Waals surface area (Å²) >= 11 is 0. The maximum Gasteiger partial charge on any atom is 0.0900 e. The summed E-state index contributed by atoms with van der Waals surface area (Å²) in [5.41, 5.74) is 1.34. The number of nitrogens with zero attached hydrogens (tertiary/aromatic N) is 1. The first kappa shape index (κ1) is 15.2. The zero-order chi connectivity index (χ0) is 13.4. The molecular formula is C15H25NO2. The molecular weight excluding hydrogens is 226 g/mol. The lowest BCUT2D eigenvalue weighted by Crippen LogP contribution is -2.34. The Morgan fingerprint density at radius 1 is 1.22 bits per heavy atom. The van der Waals surface area contributed by atoms with Gasteiger partial charge in [-0.25, -0.2) is 0 Å². The minimum Gasteiger partial charge on any atom is -0.389 e. The average Bonchev–Trinajstić information content (AvgIpc) is 2.37. The van der Waals surface area contributed by atoms with Gasteiger partial charge in [-0.3, -0.25) is 0 Å².